The molecule has 1 fully saturated rings. The molecule has 1 aliphatic rings. The maximum absolute atomic E-state index is 12.8. The summed E-state index contributed by atoms with van der Waals surface area (Å²) in [5, 5.41) is 3.02. The van der Waals surface area contributed by atoms with E-state index in [1.807, 2.05) is 12.1 Å². The lowest BCUT2D eigenvalue weighted by Gasteiger charge is -2.11. The largest absolute Gasteiger partial charge is 0.341 e. The zero-order valence-corrected chi connectivity index (χ0v) is 14.4. The summed E-state index contributed by atoms with van der Waals surface area (Å²) in [5.41, 5.74) is 0.704. The molecular formula is C17H14ClF2NO3S. The van der Waals surface area contributed by atoms with Crippen molar-refractivity contribution >= 4 is 33.0 Å². The molecule has 0 heterocycles. The third kappa shape index (κ3) is 3.52. The van der Waals surface area contributed by atoms with Gasteiger partial charge in [0.25, 0.3) is 0 Å². The smallest absolute Gasteiger partial charge is 0.325 e. The molecule has 0 spiro atoms. The van der Waals surface area contributed by atoms with Crippen LogP contribution in [0, 0.1) is 5.92 Å². The number of anilines is 1. The molecule has 3 rings (SSSR count). The average Bonchev–Trinajstić information content (AvgIpc) is 3.36. The number of rotatable bonds is 5. The number of amides is 1. The second-order valence-electron chi connectivity index (χ2n) is 5.76. The van der Waals surface area contributed by atoms with E-state index in [0.29, 0.717) is 11.4 Å². The first-order valence-corrected chi connectivity index (χ1v) is 9.41. The van der Waals surface area contributed by atoms with Crippen molar-refractivity contribution < 1.29 is 22.0 Å². The Balaban J connectivity index is 1.79. The number of halogens is 3. The van der Waals surface area contributed by atoms with Gasteiger partial charge >= 0.3 is 5.76 Å². The minimum Gasteiger partial charge on any atom is -0.325 e. The molecule has 1 saturated carbocycles. The van der Waals surface area contributed by atoms with Crippen molar-refractivity contribution in [3.05, 3.63) is 59.1 Å². The Labute approximate surface area is 148 Å². The molecule has 1 aliphatic carbocycles. The van der Waals surface area contributed by atoms with E-state index in [2.05, 4.69) is 5.32 Å². The minimum atomic E-state index is -4.80. The number of carbonyl (C=O) groups is 1. The molecule has 8 heteroatoms. The summed E-state index contributed by atoms with van der Waals surface area (Å²) in [4.78, 5) is 11.8. The Morgan fingerprint density at radius 3 is 2.44 bits per heavy atom. The van der Waals surface area contributed by atoms with Crippen molar-refractivity contribution in [1.29, 1.82) is 0 Å². The molecule has 0 bridgehead atoms. The maximum atomic E-state index is 12.8. The highest BCUT2D eigenvalue weighted by Gasteiger charge is 2.45. The molecular weight excluding hydrogens is 372 g/mol. The van der Waals surface area contributed by atoms with Crippen molar-refractivity contribution in [3.8, 4) is 0 Å². The fourth-order valence-corrected chi connectivity index (χ4v) is 3.91. The Morgan fingerprint density at radius 1 is 1.12 bits per heavy atom. The van der Waals surface area contributed by atoms with Crippen LogP contribution < -0.4 is 5.32 Å². The van der Waals surface area contributed by atoms with Gasteiger partial charge in [0, 0.05) is 10.9 Å². The third-order valence-electron chi connectivity index (χ3n) is 4.12. The summed E-state index contributed by atoms with van der Waals surface area (Å²) in [7, 11) is -4.80. The number of nitrogens with one attached hydrogen (secondary N) is 1. The van der Waals surface area contributed by atoms with Crippen LogP contribution in [0.2, 0.25) is 5.02 Å². The van der Waals surface area contributed by atoms with Gasteiger partial charge in [-0.05, 0) is 36.1 Å². The highest BCUT2D eigenvalue weighted by Crippen LogP contribution is 2.50. The van der Waals surface area contributed by atoms with E-state index in [9.17, 15) is 22.0 Å². The van der Waals surface area contributed by atoms with Gasteiger partial charge in [0.05, 0.1) is 10.6 Å². The Bertz CT molecular complexity index is 918. The van der Waals surface area contributed by atoms with Crippen molar-refractivity contribution in [2.45, 2.75) is 23.0 Å². The average molecular weight is 386 g/mol. The van der Waals surface area contributed by atoms with Crippen LogP contribution in [-0.2, 0) is 14.6 Å². The Morgan fingerprint density at radius 2 is 1.76 bits per heavy atom. The van der Waals surface area contributed by atoms with Crippen molar-refractivity contribution in [2.75, 3.05) is 5.32 Å². The number of hydrogen-bond acceptors (Lipinski definition) is 3. The molecule has 2 aromatic carbocycles. The molecule has 0 aliphatic heterocycles. The first-order valence-electron chi connectivity index (χ1n) is 7.48. The highest BCUT2D eigenvalue weighted by molar-refractivity contribution is 7.91. The monoisotopic (exact) mass is 385 g/mol. The summed E-state index contributed by atoms with van der Waals surface area (Å²) < 4.78 is 49.1. The van der Waals surface area contributed by atoms with Gasteiger partial charge < -0.3 is 5.32 Å². The number of alkyl halides is 2. The first kappa shape index (κ1) is 17.8. The van der Waals surface area contributed by atoms with Crippen molar-refractivity contribution in [1.82, 2.24) is 0 Å². The van der Waals surface area contributed by atoms with Crippen LogP contribution in [0.3, 0.4) is 0 Å². The quantitative estimate of drug-likeness (QED) is 0.843. The Hall–Kier alpha value is -1.99. The standard InChI is InChI=1S/C17H14ClF2NO3S/c18-13-6-2-1-5-10(13)11-9-12(11)16(22)21-14-7-3-4-8-15(14)25(23,24)17(19)20/h1-8,11-12,17H,9H2,(H,21,22). The van der Waals surface area contributed by atoms with Gasteiger partial charge in [-0.2, -0.15) is 8.78 Å². The summed E-state index contributed by atoms with van der Waals surface area (Å²) in [6, 6.07) is 12.3. The lowest BCUT2D eigenvalue weighted by atomic mass is 10.1. The van der Waals surface area contributed by atoms with Gasteiger partial charge in [-0.25, -0.2) is 8.42 Å². The number of carbonyl (C=O) groups excluding carboxylic acids is 1. The fraction of sp³-hybridized carbons (Fsp3) is 0.235. The second kappa shape index (κ2) is 6.72. The van der Waals surface area contributed by atoms with E-state index in [-0.39, 0.29) is 17.5 Å². The SMILES string of the molecule is O=C(Nc1ccccc1S(=O)(=O)C(F)F)C1CC1c1ccccc1Cl. The van der Waals surface area contributed by atoms with E-state index < -0.39 is 26.4 Å². The van der Waals surface area contributed by atoms with E-state index in [1.165, 1.54) is 18.2 Å². The van der Waals surface area contributed by atoms with Crippen LogP contribution in [-0.4, -0.2) is 20.1 Å². The highest BCUT2D eigenvalue weighted by atomic mass is 35.5. The lowest BCUT2D eigenvalue weighted by Crippen LogP contribution is -2.19. The van der Waals surface area contributed by atoms with E-state index in [1.54, 1.807) is 12.1 Å². The predicted octanol–water partition coefficient (Wildman–Crippen LogP) is 4.08. The molecule has 1 amide bonds. The molecule has 0 aromatic heterocycles. The topological polar surface area (TPSA) is 63.2 Å². The summed E-state index contributed by atoms with van der Waals surface area (Å²) >= 11 is 6.11. The first-order chi connectivity index (χ1) is 11.8. The molecule has 4 nitrogen and oxygen atoms in total. The minimum absolute atomic E-state index is 0.0624. The normalized spacial score (nSPS) is 19.7. The number of sulfone groups is 1. The number of hydrogen-bond donors (Lipinski definition) is 1. The second-order valence-corrected chi connectivity index (χ2v) is 8.05. The van der Waals surface area contributed by atoms with Gasteiger partial charge in [0.1, 0.15) is 0 Å². The zero-order chi connectivity index (χ0) is 18.2. The molecule has 2 aromatic rings. The van der Waals surface area contributed by atoms with E-state index in [0.717, 1.165) is 11.6 Å². The molecule has 25 heavy (non-hydrogen) atoms. The van der Waals surface area contributed by atoms with Crippen molar-refractivity contribution in [3.63, 3.8) is 0 Å². The molecule has 2 atom stereocenters. The third-order valence-corrected chi connectivity index (χ3v) is 5.90. The summed E-state index contributed by atoms with van der Waals surface area (Å²) in [6.45, 7) is 0. The maximum Gasteiger partial charge on any atom is 0.341 e. The van der Waals surface area contributed by atoms with Gasteiger partial charge in [0.2, 0.25) is 15.7 Å². The molecule has 0 radical (unpaired) electrons. The lowest BCUT2D eigenvalue weighted by molar-refractivity contribution is -0.117. The predicted molar refractivity (Wildman–Crippen MR) is 90.6 cm³/mol. The van der Waals surface area contributed by atoms with Crippen LogP contribution in [0.4, 0.5) is 14.5 Å². The van der Waals surface area contributed by atoms with Crippen LogP contribution in [0.5, 0.6) is 0 Å². The fourth-order valence-electron chi connectivity index (χ4n) is 2.74. The van der Waals surface area contributed by atoms with Gasteiger partial charge in [0.15, 0.2) is 0 Å². The summed E-state index contributed by atoms with van der Waals surface area (Å²) in [6.07, 6.45) is 0.569. The van der Waals surface area contributed by atoms with Crippen LogP contribution in [0.15, 0.2) is 53.4 Å². The molecule has 0 saturated heterocycles. The van der Waals surface area contributed by atoms with Crippen LogP contribution in [0.25, 0.3) is 0 Å². The Kier molecular flexibility index (Phi) is 4.79. The molecule has 1 N–H and O–H groups in total. The number of benzene rings is 2. The zero-order valence-electron chi connectivity index (χ0n) is 12.8. The van der Waals surface area contributed by atoms with Gasteiger partial charge in [-0.3, -0.25) is 4.79 Å². The number of para-hydroxylation sites is 1. The summed E-state index contributed by atoms with van der Waals surface area (Å²) in [5.74, 6) is -4.40. The molecule has 132 valence electrons. The molecule has 2 unspecified atom stereocenters. The van der Waals surface area contributed by atoms with Gasteiger partial charge in [-0.1, -0.05) is 41.9 Å². The van der Waals surface area contributed by atoms with Crippen LogP contribution in [0.1, 0.15) is 17.9 Å². The van der Waals surface area contributed by atoms with E-state index >= 15 is 0 Å². The van der Waals surface area contributed by atoms with E-state index in [4.69, 9.17) is 11.6 Å². The van der Waals surface area contributed by atoms with Gasteiger partial charge in [-0.15, -0.1) is 0 Å². The van der Waals surface area contributed by atoms with Crippen molar-refractivity contribution in [2.24, 2.45) is 5.92 Å². The van der Waals surface area contributed by atoms with Crippen LogP contribution >= 0.6 is 11.6 Å².